The van der Waals surface area contributed by atoms with Crippen molar-refractivity contribution >= 4 is 43.6 Å². The molecular formula is C24H32BrFN4O4S. The van der Waals surface area contributed by atoms with Crippen molar-refractivity contribution < 1.29 is 22.4 Å². The van der Waals surface area contributed by atoms with Crippen LogP contribution in [-0.4, -0.2) is 61.7 Å². The third-order valence-electron chi connectivity index (χ3n) is 5.04. The molecule has 0 radical (unpaired) electrons. The van der Waals surface area contributed by atoms with E-state index in [1.807, 2.05) is 45.0 Å². The molecule has 0 unspecified atom stereocenters. The molecule has 0 saturated heterocycles. The zero-order valence-corrected chi connectivity index (χ0v) is 23.2. The van der Waals surface area contributed by atoms with Crippen molar-refractivity contribution in [2.75, 3.05) is 24.9 Å². The second-order valence-corrected chi connectivity index (χ2v) is 12.3. The van der Waals surface area contributed by atoms with E-state index in [-0.39, 0.29) is 18.1 Å². The van der Waals surface area contributed by atoms with Gasteiger partial charge in [-0.1, -0.05) is 28.1 Å². The first-order valence-electron chi connectivity index (χ1n) is 10.9. The topological polar surface area (TPSA) is 90.0 Å². The molecule has 0 aliphatic heterocycles. The Morgan fingerprint density at radius 2 is 1.69 bits per heavy atom. The highest BCUT2D eigenvalue weighted by Crippen LogP contribution is 2.22. The number of carbonyl (C=O) groups excluding carboxylic acids is 2. The van der Waals surface area contributed by atoms with Crippen LogP contribution in [0.2, 0.25) is 0 Å². The van der Waals surface area contributed by atoms with Crippen molar-refractivity contribution in [2.24, 2.45) is 0 Å². The second kappa shape index (κ2) is 11.5. The summed E-state index contributed by atoms with van der Waals surface area (Å²) in [6.07, 6.45) is 0. The first-order chi connectivity index (χ1) is 16.1. The van der Waals surface area contributed by atoms with Gasteiger partial charge >= 0.3 is 10.2 Å². The molecule has 11 heteroatoms. The smallest absolute Gasteiger partial charge is 0.304 e. The van der Waals surface area contributed by atoms with Gasteiger partial charge < -0.3 is 10.2 Å². The van der Waals surface area contributed by atoms with E-state index in [2.05, 4.69) is 21.2 Å². The van der Waals surface area contributed by atoms with Crippen LogP contribution in [0.25, 0.3) is 0 Å². The largest absolute Gasteiger partial charge is 0.350 e. The van der Waals surface area contributed by atoms with Gasteiger partial charge in [-0.15, -0.1) is 0 Å². The molecular weight excluding hydrogens is 539 g/mol. The summed E-state index contributed by atoms with van der Waals surface area (Å²) in [5.41, 5.74) is 0.360. The van der Waals surface area contributed by atoms with Gasteiger partial charge in [0.25, 0.3) is 0 Å². The molecule has 1 atom stereocenters. The Kier molecular flexibility index (Phi) is 9.43. The van der Waals surface area contributed by atoms with E-state index in [1.165, 1.54) is 31.1 Å². The Balaban J connectivity index is 2.46. The molecule has 0 aliphatic carbocycles. The Labute approximate surface area is 215 Å². The number of amides is 2. The summed E-state index contributed by atoms with van der Waals surface area (Å²) in [5.74, 6) is -1.49. The highest BCUT2D eigenvalue weighted by molar-refractivity contribution is 9.10. The first kappa shape index (κ1) is 28.7. The molecule has 2 aromatic rings. The fourth-order valence-corrected chi connectivity index (χ4v) is 4.72. The van der Waals surface area contributed by atoms with Gasteiger partial charge in [-0.3, -0.25) is 9.59 Å². The van der Waals surface area contributed by atoms with Crippen molar-refractivity contribution in [1.82, 2.24) is 14.5 Å². The number of benzene rings is 2. The van der Waals surface area contributed by atoms with E-state index < -0.39 is 40.1 Å². The minimum Gasteiger partial charge on any atom is -0.350 e. The maximum absolute atomic E-state index is 13.6. The number of halogens is 2. The summed E-state index contributed by atoms with van der Waals surface area (Å²) in [7, 11) is -1.41. The summed E-state index contributed by atoms with van der Waals surface area (Å²) in [6, 6.07) is 11.2. The molecule has 2 amide bonds. The molecule has 2 aromatic carbocycles. The lowest BCUT2D eigenvalue weighted by Gasteiger charge is -2.34. The van der Waals surface area contributed by atoms with Crippen LogP contribution >= 0.6 is 15.9 Å². The summed E-state index contributed by atoms with van der Waals surface area (Å²) < 4.78 is 42.3. The van der Waals surface area contributed by atoms with E-state index >= 15 is 0 Å². The van der Waals surface area contributed by atoms with Gasteiger partial charge in [0.1, 0.15) is 18.4 Å². The van der Waals surface area contributed by atoms with Crippen LogP contribution < -0.4 is 9.62 Å². The van der Waals surface area contributed by atoms with Crippen molar-refractivity contribution in [2.45, 2.75) is 45.8 Å². The quantitative estimate of drug-likeness (QED) is 0.499. The summed E-state index contributed by atoms with van der Waals surface area (Å²) in [4.78, 5) is 27.9. The SMILES string of the molecule is C[C@@H](C(=O)NC(C)(C)C)N(Cc1cccc(Br)c1)C(=O)CN(c1ccc(F)cc1)S(=O)(=O)N(C)C. The molecule has 192 valence electrons. The maximum atomic E-state index is 13.6. The number of nitrogens with zero attached hydrogens (tertiary/aromatic N) is 3. The fourth-order valence-electron chi connectivity index (χ4n) is 3.21. The molecule has 0 bridgehead atoms. The molecule has 0 aliphatic rings. The lowest BCUT2D eigenvalue weighted by Crippen LogP contribution is -2.54. The zero-order chi connectivity index (χ0) is 26.6. The predicted molar refractivity (Wildman–Crippen MR) is 138 cm³/mol. The van der Waals surface area contributed by atoms with E-state index in [0.29, 0.717) is 0 Å². The van der Waals surface area contributed by atoms with Crippen LogP contribution in [0, 0.1) is 5.82 Å². The Hall–Kier alpha value is -2.50. The third-order valence-corrected chi connectivity index (χ3v) is 7.35. The molecule has 8 nitrogen and oxygen atoms in total. The lowest BCUT2D eigenvalue weighted by molar-refractivity contribution is -0.140. The van der Waals surface area contributed by atoms with Gasteiger partial charge in [-0.2, -0.15) is 12.7 Å². The van der Waals surface area contributed by atoms with E-state index in [9.17, 15) is 22.4 Å². The minimum atomic E-state index is -4.10. The molecule has 0 spiro atoms. The maximum Gasteiger partial charge on any atom is 0.304 e. The Bertz CT molecular complexity index is 1150. The van der Waals surface area contributed by atoms with Crippen LogP contribution in [0.4, 0.5) is 10.1 Å². The lowest BCUT2D eigenvalue weighted by atomic mass is 10.1. The highest BCUT2D eigenvalue weighted by atomic mass is 79.9. The predicted octanol–water partition coefficient (Wildman–Crippen LogP) is 3.53. The van der Waals surface area contributed by atoms with Gasteiger partial charge in [0, 0.05) is 30.7 Å². The van der Waals surface area contributed by atoms with Crippen LogP contribution in [-0.2, 0) is 26.3 Å². The van der Waals surface area contributed by atoms with Crippen LogP contribution in [0.1, 0.15) is 33.3 Å². The van der Waals surface area contributed by atoms with Crippen LogP contribution in [0.3, 0.4) is 0 Å². The fraction of sp³-hybridized carbons (Fsp3) is 0.417. The Morgan fingerprint density at radius 1 is 1.09 bits per heavy atom. The first-order valence-corrected chi connectivity index (χ1v) is 13.1. The third kappa shape index (κ3) is 8.01. The standard InChI is InChI=1S/C24H32BrFN4O4S/c1-17(23(32)27-24(2,3)4)29(15-18-8-7-9-19(25)14-18)22(31)16-30(35(33,34)28(5)6)21-12-10-20(26)11-13-21/h7-14,17H,15-16H2,1-6H3,(H,27,32)/t17-/m0/s1. The Morgan fingerprint density at radius 3 is 2.20 bits per heavy atom. The average molecular weight is 572 g/mol. The number of anilines is 1. The molecule has 0 heterocycles. The van der Waals surface area contributed by atoms with Gasteiger partial charge in [-0.05, 0) is 69.7 Å². The number of hydrogen-bond donors (Lipinski definition) is 1. The van der Waals surface area contributed by atoms with Crippen molar-refractivity contribution in [1.29, 1.82) is 0 Å². The van der Waals surface area contributed by atoms with Crippen molar-refractivity contribution in [3.05, 3.63) is 64.4 Å². The summed E-state index contributed by atoms with van der Waals surface area (Å²) in [6.45, 7) is 6.59. The second-order valence-electron chi connectivity index (χ2n) is 9.34. The normalized spacial score (nSPS) is 12.8. The van der Waals surface area contributed by atoms with Gasteiger partial charge in [0.05, 0.1) is 5.69 Å². The number of hydrogen-bond acceptors (Lipinski definition) is 4. The zero-order valence-electron chi connectivity index (χ0n) is 20.7. The van der Waals surface area contributed by atoms with Crippen molar-refractivity contribution in [3.8, 4) is 0 Å². The van der Waals surface area contributed by atoms with Gasteiger partial charge in [0.15, 0.2) is 0 Å². The summed E-state index contributed by atoms with van der Waals surface area (Å²) in [5, 5.41) is 2.87. The minimum absolute atomic E-state index is 0.0796. The van der Waals surface area contributed by atoms with Gasteiger partial charge in [0.2, 0.25) is 11.8 Å². The number of carbonyl (C=O) groups is 2. The molecule has 2 rings (SSSR count). The average Bonchev–Trinajstić information content (AvgIpc) is 2.74. The highest BCUT2D eigenvalue weighted by Gasteiger charge is 2.33. The molecule has 0 aromatic heterocycles. The number of rotatable bonds is 9. The molecule has 35 heavy (non-hydrogen) atoms. The van der Waals surface area contributed by atoms with E-state index in [4.69, 9.17) is 0 Å². The van der Waals surface area contributed by atoms with Crippen LogP contribution in [0.15, 0.2) is 53.0 Å². The monoisotopic (exact) mass is 570 g/mol. The molecule has 1 N–H and O–H groups in total. The van der Waals surface area contributed by atoms with E-state index in [0.717, 1.165) is 30.8 Å². The van der Waals surface area contributed by atoms with E-state index in [1.54, 1.807) is 6.92 Å². The summed E-state index contributed by atoms with van der Waals surface area (Å²) >= 11 is 3.41. The van der Waals surface area contributed by atoms with Crippen molar-refractivity contribution in [3.63, 3.8) is 0 Å². The molecule has 0 fully saturated rings. The number of nitrogens with one attached hydrogen (secondary N) is 1. The van der Waals surface area contributed by atoms with Crippen LogP contribution in [0.5, 0.6) is 0 Å². The molecule has 0 saturated carbocycles. The van der Waals surface area contributed by atoms with Gasteiger partial charge in [-0.25, -0.2) is 8.70 Å².